The minimum absolute atomic E-state index is 0. The SMILES string of the molecule is C=C[C-]=O.[Cr]. The van der Waals surface area contributed by atoms with Gasteiger partial charge in [0.15, 0.2) is 0 Å². The average molecular weight is 107 g/mol. The summed E-state index contributed by atoms with van der Waals surface area (Å²) in [6.45, 7) is 3.06. The van der Waals surface area contributed by atoms with Crippen LogP contribution in [0.3, 0.4) is 0 Å². The van der Waals surface area contributed by atoms with Crippen LogP contribution in [-0.2, 0) is 22.2 Å². The number of allylic oxidation sites excluding steroid dienone is 1. The topological polar surface area (TPSA) is 17.1 Å². The molecule has 0 aliphatic rings. The second-order valence-electron chi connectivity index (χ2n) is 0.322. The van der Waals surface area contributed by atoms with Crippen LogP contribution in [0.2, 0.25) is 0 Å². The fourth-order valence-corrected chi connectivity index (χ4v) is 0. The quantitative estimate of drug-likeness (QED) is 0.347. The van der Waals surface area contributed by atoms with Crippen LogP contribution in [0.4, 0.5) is 0 Å². The van der Waals surface area contributed by atoms with Crippen molar-refractivity contribution in [2.75, 3.05) is 0 Å². The maximum Gasteiger partial charge on any atom is 0 e. The molecular weight excluding hydrogens is 104 g/mol. The molecule has 0 atom stereocenters. The normalized spacial score (nSPS) is 4.00. The second kappa shape index (κ2) is 9.05. The summed E-state index contributed by atoms with van der Waals surface area (Å²) >= 11 is 0. The second-order valence-corrected chi connectivity index (χ2v) is 0.322. The van der Waals surface area contributed by atoms with E-state index in [0.29, 0.717) is 0 Å². The summed E-state index contributed by atoms with van der Waals surface area (Å²) in [4.78, 5) is 8.93. The van der Waals surface area contributed by atoms with Gasteiger partial charge in [0.2, 0.25) is 0 Å². The first-order chi connectivity index (χ1) is 1.91. The van der Waals surface area contributed by atoms with Crippen molar-refractivity contribution in [1.29, 1.82) is 0 Å². The molecule has 0 aromatic rings. The van der Waals surface area contributed by atoms with Gasteiger partial charge in [-0.25, -0.2) is 12.7 Å². The molecule has 0 aliphatic carbocycles. The monoisotopic (exact) mass is 107 g/mol. The van der Waals surface area contributed by atoms with Gasteiger partial charge in [0.25, 0.3) is 0 Å². The molecule has 0 radical (unpaired) electrons. The molecule has 0 saturated heterocycles. The van der Waals surface area contributed by atoms with Crippen LogP contribution in [0.25, 0.3) is 0 Å². The molecule has 0 amide bonds. The molecule has 0 spiro atoms. The van der Waals surface area contributed by atoms with E-state index in [1.54, 1.807) is 0 Å². The Balaban J connectivity index is 0. The van der Waals surface area contributed by atoms with Crippen LogP contribution >= 0.6 is 0 Å². The standard InChI is InChI=1S/C3H3O.Cr/c1-2-3-4;/h2H,1H2;/q-1;. The van der Waals surface area contributed by atoms with E-state index in [2.05, 4.69) is 6.58 Å². The Hall–Kier alpha value is -0.0575. The molecule has 1 nitrogen and oxygen atoms in total. The number of carbonyl (C=O) groups excluding carboxylic acids is 1. The predicted octanol–water partition coefficient (Wildman–Crippen LogP) is 0.280. The summed E-state index contributed by atoms with van der Waals surface area (Å²) in [7, 11) is 0. The predicted molar refractivity (Wildman–Crippen MR) is 15.9 cm³/mol. The Bertz CT molecular complexity index is 27.9. The van der Waals surface area contributed by atoms with Crippen molar-refractivity contribution < 1.29 is 22.2 Å². The Morgan fingerprint density at radius 1 is 1.80 bits per heavy atom. The summed E-state index contributed by atoms with van der Waals surface area (Å²) in [5.41, 5.74) is 0. The van der Waals surface area contributed by atoms with Gasteiger partial charge in [0, 0.05) is 17.4 Å². The van der Waals surface area contributed by atoms with Gasteiger partial charge in [-0.2, -0.15) is 0 Å². The third-order valence-corrected chi connectivity index (χ3v) is 0.0833. The van der Waals surface area contributed by atoms with Gasteiger partial charge in [-0.15, -0.1) is 0 Å². The molecule has 0 bridgehead atoms. The Labute approximate surface area is 41.8 Å². The van der Waals surface area contributed by atoms with Crippen LogP contribution < -0.4 is 0 Å². The number of hydrogen-bond donors (Lipinski definition) is 0. The first-order valence-electron chi connectivity index (χ1n) is 0.901. The van der Waals surface area contributed by atoms with E-state index in [0.717, 1.165) is 6.08 Å². The van der Waals surface area contributed by atoms with Gasteiger partial charge in [-0.05, 0) is 6.29 Å². The zero-order chi connectivity index (χ0) is 3.41. The molecule has 2 heteroatoms. The molecule has 0 aliphatic heterocycles. The van der Waals surface area contributed by atoms with E-state index >= 15 is 0 Å². The summed E-state index contributed by atoms with van der Waals surface area (Å²) < 4.78 is 0. The summed E-state index contributed by atoms with van der Waals surface area (Å²) in [5, 5.41) is 0. The first-order valence-corrected chi connectivity index (χ1v) is 0.901. The van der Waals surface area contributed by atoms with E-state index in [-0.39, 0.29) is 17.4 Å². The van der Waals surface area contributed by atoms with Gasteiger partial charge in [-0.3, -0.25) is 0 Å². The van der Waals surface area contributed by atoms with E-state index in [1.807, 2.05) is 0 Å². The Morgan fingerprint density at radius 3 is 2.00 bits per heavy atom. The third kappa shape index (κ3) is 16.7. The van der Waals surface area contributed by atoms with Crippen LogP contribution in [0, 0.1) is 0 Å². The summed E-state index contributed by atoms with van der Waals surface area (Å²) in [6.07, 6.45) is 2.51. The van der Waals surface area contributed by atoms with Crippen LogP contribution in [0.5, 0.6) is 0 Å². The van der Waals surface area contributed by atoms with Crippen molar-refractivity contribution in [3.8, 4) is 0 Å². The number of hydrogen-bond acceptors (Lipinski definition) is 1. The summed E-state index contributed by atoms with van der Waals surface area (Å²) in [5.74, 6) is 0. The molecular formula is C3H3CrO-. The van der Waals surface area contributed by atoms with Crippen molar-refractivity contribution in [3.63, 3.8) is 0 Å². The van der Waals surface area contributed by atoms with Gasteiger partial charge in [0.05, 0.1) is 0 Å². The molecule has 0 aromatic heterocycles. The zero-order valence-electron chi connectivity index (χ0n) is 2.60. The van der Waals surface area contributed by atoms with Crippen molar-refractivity contribution >= 4 is 6.29 Å². The molecule has 0 rings (SSSR count). The van der Waals surface area contributed by atoms with Gasteiger partial charge in [0.1, 0.15) is 0 Å². The Morgan fingerprint density at radius 2 is 2.00 bits per heavy atom. The minimum atomic E-state index is 0. The smallest absolute Gasteiger partial charge is 0 e. The van der Waals surface area contributed by atoms with E-state index in [4.69, 9.17) is 4.79 Å². The van der Waals surface area contributed by atoms with Crippen molar-refractivity contribution in [1.82, 2.24) is 0 Å². The van der Waals surface area contributed by atoms with Gasteiger partial charge >= 0.3 is 0 Å². The zero-order valence-corrected chi connectivity index (χ0v) is 3.88. The largest absolute Gasteiger partial charge is 0.419 e. The van der Waals surface area contributed by atoms with Gasteiger partial charge in [-0.1, -0.05) is 0 Å². The minimum Gasteiger partial charge on any atom is -0.419 e. The Kier molecular flexibility index (Phi) is 16.1. The molecule has 0 saturated carbocycles. The van der Waals surface area contributed by atoms with E-state index in [1.165, 1.54) is 6.29 Å². The van der Waals surface area contributed by atoms with Crippen molar-refractivity contribution in [2.45, 2.75) is 0 Å². The van der Waals surface area contributed by atoms with E-state index in [9.17, 15) is 0 Å². The molecule has 0 unspecified atom stereocenters. The molecule has 0 aromatic carbocycles. The van der Waals surface area contributed by atoms with Crippen LogP contribution in [0.15, 0.2) is 12.7 Å². The average Bonchev–Trinajstić information content (AvgIpc) is 1.37. The molecule has 0 fully saturated rings. The molecule has 0 N–H and O–H groups in total. The van der Waals surface area contributed by atoms with Crippen LogP contribution in [-0.4, -0.2) is 6.29 Å². The maximum atomic E-state index is 8.93. The fraction of sp³-hybridized carbons (Fsp3) is 0. The van der Waals surface area contributed by atoms with Crippen LogP contribution in [0.1, 0.15) is 0 Å². The molecule has 5 heavy (non-hydrogen) atoms. The van der Waals surface area contributed by atoms with E-state index < -0.39 is 0 Å². The molecule has 0 heterocycles. The number of rotatable bonds is 1. The first kappa shape index (κ1) is 8.87. The fourth-order valence-electron chi connectivity index (χ4n) is 0. The summed E-state index contributed by atoms with van der Waals surface area (Å²) in [6, 6.07) is 0. The van der Waals surface area contributed by atoms with Gasteiger partial charge < -0.3 is 4.79 Å². The maximum absolute atomic E-state index is 8.93. The van der Waals surface area contributed by atoms with Crippen molar-refractivity contribution in [3.05, 3.63) is 12.7 Å². The third-order valence-electron chi connectivity index (χ3n) is 0.0833. The van der Waals surface area contributed by atoms with Crippen molar-refractivity contribution in [2.24, 2.45) is 0 Å². The molecule has 28 valence electrons.